The van der Waals surface area contributed by atoms with Gasteiger partial charge in [-0.1, -0.05) is 0 Å². The molecule has 0 radical (unpaired) electrons. The fourth-order valence-electron chi connectivity index (χ4n) is 1.65. The van der Waals surface area contributed by atoms with Gasteiger partial charge < -0.3 is 14.8 Å². The second-order valence-electron chi connectivity index (χ2n) is 3.41. The van der Waals surface area contributed by atoms with Crippen molar-refractivity contribution in [3.63, 3.8) is 0 Å². The highest BCUT2D eigenvalue weighted by Gasteiger charge is 2.54. The Morgan fingerprint density at radius 3 is 3.08 bits per heavy atom. The van der Waals surface area contributed by atoms with E-state index in [2.05, 4.69) is 5.32 Å². The predicted octanol–water partition coefficient (Wildman–Crippen LogP) is -0.320. The van der Waals surface area contributed by atoms with Crippen molar-refractivity contribution in [2.75, 3.05) is 19.7 Å². The molecule has 2 rings (SSSR count). The lowest BCUT2D eigenvalue weighted by Crippen LogP contribution is -2.48. The van der Waals surface area contributed by atoms with Crippen molar-refractivity contribution in [1.82, 2.24) is 5.32 Å². The fourth-order valence-corrected chi connectivity index (χ4v) is 1.65. The van der Waals surface area contributed by atoms with Gasteiger partial charge in [-0.15, -0.1) is 0 Å². The average Bonchev–Trinajstić information content (AvgIpc) is 2.75. The van der Waals surface area contributed by atoms with E-state index in [9.17, 15) is 4.79 Å². The minimum atomic E-state index is -0.224. The molecule has 2 aliphatic heterocycles. The smallest absolute Gasteiger partial charge is 0.303 e. The van der Waals surface area contributed by atoms with Crippen molar-refractivity contribution in [3.8, 4) is 0 Å². The van der Waals surface area contributed by atoms with Gasteiger partial charge in [0.15, 0.2) is 0 Å². The molecule has 4 nitrogen and oxygen atoms in total. The van der Waals surface area contributed by atoms with E-state index in [1.807, 2.05) is 0 Å². The molecule has 12 heavy (non-hydrogen) atoms. The van der Waals surface area contributed by atoms with Gasteiger partial charge in [0.05, 0.1) is 6.61 Å². The summed E-state index contributed by atoms with van der Waals surface area (Å²) in [4.78, 5) is 10.7. The number of hydrogen-bond donors (Lipinski definition) is 1. The highest BCUT2D eigenvalue weighted by atomic mass is 16.6. The first-order valence-electron chi connectivity index (χ1n) is 4.25. The molecule has 2 heterocycles. The van der Waals surface area contributed by atoms with Crippen molar-refractivity contribution in [3.05, 3.63) is 0 Å². The molecule has 0 bridgehead atoms. The van der Waals surface area contributed by atoms with E-state index in [4.69, 9.17) is 9.47 Å². The van der Waals surface area contributed by atoms with E-state index in [-0.39, 0.29) is 17.7 Å². The first kappa shape index (κ1) is 8.01. The minimum Gasteiger partial charge on any atom is -0.458 e. The fraction of sp³-hybridized carbons (Fsp3) is 0.875. The van der Waals surface area contributed by atoms with Gasteiger partial charge in [0.25, 0.3) is 0 Å². The summed E-state index contributed by atoms with van der Waals surface area (Å²) in [6.45, 7) is 3.86. The van der Waals surface area contributed by atoms with Gasteiger partial charge in [-0.3, -0.25) is 4.79 Å². The van der Waals surface area contributed by atoms with Crippen LogP contribution in [0.25, 0.3) is 0 Å². The standard InChI is InChI=1S/C8H13NO3/c1-6(10)12-7-4-9-3-2-8(7)5-11-8/h7,9H,2-5H2,1H3. The second-order valence-corrected chi connectivity index (χ2v) is 3.41. The Hall–Kier alpha value is -0.610. The number of nitrogens with one attached hydrogen (secondary N) is 1. The second kappa shape index (κ2) is 2.71. The van der Waals surface area contributed by atoms with Crippen LogP contribution in [0.5, 0.6) is 0 Å². The molecule has 2 aliphatic rings. The maximum absolute atomic E-state index is 10.7. The molecule has 1 spiro atoms. The zero-order chi connectivity index (χ0) is 8.60. The first-order valence-corrected chi connectivity index (χ1v) is 4.25. The third-order valence-corrected chi connectivity index (χ3v) is 2.46. The zero-order valence-corrected chi connectivity index (χ0v) is 7.13. The lowest BCUT2D eigenvalue weighted by atomic mass is 9.96. The largest absolute Gasteiger partial charge is 0.458 e. The summed E-state index contributed by atoms with van der Waals surface area (Å²) in [5, 5.41) is 3.18. The molecular weight excluding hydrogens is 158 g/mol. The van der Waals surface area contributed by atoms with E-state index in [1.165, 1.54) is 6.92 Å². The van der Waals surface area contributed by atoms with Crippen LogP contribution in [0.3, 0.4) is 0 Å². The molecule has 2 atom stereocenters. The third-order valence-electron chi connectivity index (χ3n) is 2.46. The van der Waals surface area contributed by atoms with Crippen LogP contribution >= 0.6 is 0 Å². The Kier molecular flexibility index (Phi) is 1.81. The Labute approximate surface area is 71.2 Å². The average molecular weight is 171 g/mol. The summed E-state index contributed by atoms with van der Waals surface area (Å²) >= 11 is 0. The van der Waals surface area contributed by atoms with Crippen LogP contribution in [0, 0.1) is 0 Å². The molecular formula is C8H13NO3. The van der Waals surface area contributed by atoms with Gasteiger partial charge in [-0.2, -0.15) is 0 Å². The normalized spacial score (nSPS) is 39.6. The number of ether oxygens (including phenoxy) is 2. The first-order chi connectivity index (χ1) is 5.73. The van der Waals surface area contributed by atoms with Crippen molar-refractivity contribution in [1.29, 1.82) is 0 Å². The minimum absolute atomic E-state index is 0.0799. The van der Waals surface area contributed by atoms with E-state index in [1.54, 1.807) is 0 Å². The molecule has 0 aromatic carbocycles. The van der Waals surface area contributed by atoms with Gasteiger partial charge in [-0.05, 0) is 13.0 Å². The Morgan fingerprint density at radius 1 is 1.75 bits per heavy atom. The van der Waals surface area contributed by atoms with E-state index >= 15 is 0 Å². The van der Waals surface area contributed by atoms with Crippen LogP contribution in [-0.2, 0) is 14.3 Å². The lowest BCUT2D eigenvalue weighted by Gasteiger charge is -2.28. The van der Waals surface area contributed by atoms with Gasteiger partial charge >= 0.3 is 5.97 Å². The Morgan fingerprint density at radius 2 is 2.50 bits per heavy atom. The van der Waals surface area contributed by atoms with Crippen LogP contribution in [0.4, 0.5) is 0 Å². The Balaban J connectivity index is 1.97. The zero-order valence-electron chi connectivity index (χ0n) is 7.13. The predicted molar refractivity (Wildman–Crippen MR) is 41.7 cm³/mol. The number of esters is 1. The highest BCUT2D eigenvalue weighted by Crippen LogP contribution is 2.37. The summed E-state index contributed by atoms with van der Waals surface area (Å²) < 4.78 is 10.5. The van der Waals surface area contributed by atoms with Crippen molar-refractivity contribution < 1.29 is 14.3 Å². The summed E-state index contributed by atoms with van der Waals surface area (Å²) in [5.74, 6) is -0.224. The summed E-state index contributed by atoms with van der Waals surface area (Å²) in [5.41, 5.74) is -0.128. The monoisotopic (exact) mass is 171 g/mol. The van der Waals surface area contributed by atoms with E-state index in [0.717, 1.165) is 26.1 Å². The topological polar surface area (TPSA) is 50.9 Å². The van der Waals surface area contributed by atoms with Crippen molar-refractivity contribution >= 4 is 5.97 Å². The third kappa shape index (κ3) is 1.32. The molecule has 2 unspecified atom stereocenters. The molecule has 0 aliphatic carbocycles. The van der Waals surface area contributed by atoms with Crippen molar-refractivity contribution in [2.24, 2.45) is 0 Å². The molecule has 0 saturated carbocycles. The van der Waals surface area contributed by atoms with Crippen LogP contribution in [0.1, 0.15) is 13.3 Å². The van der Waals surface area contributed by atoms with Crippen LogP contribution < -0.4 is 5.32 Å². The summed E-state index contributed by atoms with van der Waals surface area (Å²) in [7, 11) is 0. The summed E-state index contributed by atoms with van der Waals surface area (Å²) in [6, 6.07) is 0. The van der Waals surface area contributed by atoms with Crippen LogP contribution in [0.15, 0.2) is 0 Å². The maximum atomic E-state index is 10.7. The Bertz CT molecular complexity index is 200. The number of epoxide rings is 1. The number of hydrogen-bond acceptors (Lipinski definition) is 4. The van der Waals surface area contributed by atoms with Crippen LogP contribution in [0.2, 0.25) is 0 Å². The number of carbonyl (C=O) groups excluding carboxylic acids is 1. The number of rotatable bonds is 1. The number of piperidine rings is 1. The molecule has 2 fully saturated rings. The quantitative estimate of drug-likeness (QED) is 0.434. The molecule has 68 valence electrons. The molecule has 1 N–H and O–H groups in total. The molecule has 0 aromatic heterocycles. The van der Waals surface area contributed by atoms with Gasteiger partial charge in [-0.25, -0.2) is 0 Å². The van der Waals surface area contributed by atoms with E-state index in [0.29, 0.717) is 0 Å². The molecule has 0 aromatic rings. The molecule has 0 amide bonds. The molecule has 2 saturated heterocycles. The highest BCUT2D eigenvalue weighted by molar-refractivity contribution is 5.66. The van der Waals surface area contributed by atoms with Crippen LogP contribution in [-0.4, -0.2) is 37.4 Å². The van der Waals surface area contributed by atoms with Gasteiger partial charge in [0.1, 0.15) is 11.7 Å². The lowest BCUT2D eigenvalue weighted by molar-refractivity contribution is -0.150. The summed E-state index contributed by atoms with van der Waals surface area (Å²) in [6.07, 6.45) is 0.869. The van der Waals surface area contributed by atoms with E-state index < -0.39 is 0 Å². The van der Waals surface area contributed by atoms with Crippen molar-refractivity contribution in [2.45, 2.75) is 25.0 Å². The maximum Gasteiger partial charge on any atom is 0.303 e. The van der Waals surface area contributed by atoms with Gasteiger partial charge in [0, 0.05) is 13.5 Å². The SMILES string of the molecule is CC(=O)OC1CNCCC12CO2. The molecule has 4 heteroatoms. The number of carbonyl (C=O) groups is 1. The van der Waals surface area contributed by atoms with Gasteiger partial charge in [0.2, 0.25) is 0 Å².